The first-order chi connectivity index (χ1) is 5.61. The maximum Gasteiger partial charge on any atom is 0.217 e. The number of hydrogen-bond acceptors (Lipinski definition) is 1. The number of hydrogen-bond donors (Lipinski definition) is 1. The first-order valence-corrected chi connectivity index (χ1v) is 3.84. The van der Waals surface area contributed by atoms with Crippen LogP contribution in [0.2, 0.25) is 0 Å². The highest BCUT2D eigenvalue weighted by Crippen LogP contribution is 2.02. The van der Waals surface area contributed by atoms with Gasteiger partial charge in [-0.15, -0.1) is 0 Å². The highest BCUT2D eigenvalue weighted by Gasteiger charge is 2.04. The van der Waals surface area contributed by atoms with E-state index in [2.05, 4.69) is 18.5 Å². The van der Waals surface area contributed by atoms with Crippen LogP contribution in [0.15, 0.2) is 37.0 Å². The van der Waals surface area contributed by atoms with E-state index in [1.165, 1.54) is 6.92 Å². The Morgan fingerprint density at radius 3 is 2.50 bits per heavy atom. The molecule has 0 fully saturated rings. The summed E-state index contributed by atoms with van der Waals surface area (Å²) in [4.78, 5) is 10.7. The summed E-state index contributed by atoms with van der Waals surface area (Å²) in [7, 11) is 0. The third kappa shape index (κ3) is 3.76. The van der Waals surface area contributed by atoms with Crippen LogP contribution in [-0.2, 0) is 4.79 Å². The van der Waals surface area contributed by atoms with Gasteiger partial charge in [0.2, 0.25) is 5.91 Å². The SMILES string of the molecule is C=C/C=C(\C=C)C(C)NC(C)=O.[HH]. The lowest BCUT2D eigenvalue weighted by Crippen LogP contribution is -2.31. The zero-order valence-corrected chi connectivity index (χ0v) is 7.63. The Kier molecular flexibility index (Phi) is 4.77. The third-order valence-corrected chi connectivity index (χ3v) is 1.47. The van der Waals surface area contributed by atoms with E-state index in [9.17, 15) is 4.79 Å². The number of amides is 1. The Morgan fingerprint density at radius 2 is 2.17 bits per heavy atom. The second-order valence-corrected chi connectivity index (χ2v) is 2.53. The van der Waals surface area contributed by atoms with Crippen LogP contribution in [0.1, 0.15) is 15.3 Å². The number of rotatable bonds is 4. The molecular formula is C10H17NO. The highest BCUT2D eigenvalue weighted by molar-refractivity contribution is 5.73. The zero-order valence-electron chi connectivity index (χ0n) is 7.63. The van der Waals surface area contributed by atoms with E-state index in [0.29, 0.717) is 0 Å². The average Bonchev–Trinajstić information content (AvgIpc) is 1.98. The zero-order chi connectivity index (χ0) is 9.56. The van der Waals surface area contributed by atoms with Crippen molar-refractivity contribution in [2.45, 2.75) is 19.9 Å². The average molecular weight is 167 g/mol. The fourth-order valence-electron chi connectivity index (χ4n) is 0.913. The van der Waals surface area contributed by atoms with Crippen LogP contribution < -0.4 is 5.32 Å². The van der Waals surface area contributed by atoms with Crippen molar-refractivity contribution in [2.24, 2.45) is 0 Å². The molecule has 0 heterocycles. The molecule has 0 aliphatic rings. The summed E-state index contributed by atoms with van der Waals surface area (Å²) in [5.41, 5.74) is 0.959. The Hall–Kier alpha value is -1.31. The number of carbonyl (C=O) groups is 1. The van der Waals surface area contributed by atoms with Crippen molar-refractivity contribution < 1.29 is 6.22 Å². The molecule has 0 rings (SSSR count). The molecule has 2 heteroatoms. The molecule has 0 aliphatic heterocycles. The van der Waals surface area contributed by atoms with E-state index >= 15 is 0 Å². The van der Waals surface area contributed by atoms with Gasteiger partial charge in [-0.1, -0.05) is 31.4 Å². The molecular weight excluding hydrogens is 150 g/mol. The number of carbonyl (C=O) groups excluding carboxylic acids is 1. The maximum absolute atomic E-state index is 10.7. The molecule has 0 bridgehead atoms. The molecule has 2 nitrogen and oxygen atoms in total. The molecule has 1 atom stereocenters. The van der Waals surface area contributed by atoms with Gasteiger partial charge in [-0.3, -0.25) is 4.79 Å². The van der Waals surface area contributed by atoms with E-state index in [1.54, 1.807) is 12.2 Å². The summed E-state index contributed by atoms with van der Waals surface area (Å²) < 4.78 is 0. The minimum absolute atomic E-state index is 0. The van der Waals surface area contributed by atoms with Gasteiger partial charge in [-0.25, -0.2) is 0 Å². The van der Waals surface area contributed by atoms with Crippen molar-refractivity contribution in [3.05, 3.63) is 37.0 Å². The van der Waals surface area contributed by atoms with Gasteiger partial charge < -0.3 is 5.32 Å². The summed E-state index contributed by atoms with van der Waals surface area (Å²) in [6, 6.07) is -0.00185. The topological polar surface area (TPSA) is 29.1 Å². The van der Waals surface area contributed by atoms with Crippen molar-refractivity contribution in [2.75, 3.05) is 0 Å². The predicted octanol–water partition coefficient (Wildman–Crippen LogP) is 2.06. The third-order valence-electron chi connectivity index (χ3n) is 1.47. The van der Waals surface area contributed by atoms with Crippen molar-refractivity contribution in [3.63, 3.8) is 0 Å². The summed E-state index contributed by atoms with van der Waals surface area (Å²) in [6.07, 6.45) is 5.21. The van der Waals surface area contributed by atoms with E-state index < -0.39 is 0 Å². The Morgan fingerprint density at radius 1 is 1.58 bits per heavy atom. The van der Waals surface area contributed by atoms with Gasteiger partial charge in [0, 0.05) is 8.35 Å². The van der Waals surface area contributed by atoms with Gasteiger partial charge in [0.1, 0.15) is 0 Å². The molecule has 68 valence electrons. The lowest BCUT2D eigenvalue weighted by Gasteiger charge is -2.12. The molecule has 1 amide bonds. The Balaban J connectivity index is 0. The van der Waals surface area contributed by atoms with E-state index in [0.717, 1.165) is 5.57 Å². The molecule has 0 aromatic carbocycles. The van der Waals surface area contributed by atoms with Crippen molar-refractivity contribution in [1.29, 1.82) is 0 Å². The molecule has 0 spiro atoms. The lowest BCUT2D eigenvalue weighted by molar-refractivity contribution is -0.119. The van der Waals surface area contributed by atoms with Crippen LogP contribution in [0.5, 0.6) is 0 Å². The lowest BCUT2D eigenvalue weighted by atomic mass is 10.1. The Labute approximate surface area is 75.2 Å². The summed E-state index contributed by atoms with van der Waals surface area (Å²) >= 11 is 0. The van der Waals surface area contributed by atoms with Crippen LogP contribution in [0.25, 0.3) is 0 Å². The van der Waals surface area contributed by atoms with Gasteiger partial charge in [0.25, 0.3) is 0 Å². The van der Waals surface area contributed by atoms with Crippen molar-refractivity contribution in [3.8, 4) is 0 Å². The molecule has 0 aromatic rings. The summed E-state index contributed by atoms with van der Waals surface area (Å²) in [5.74, 6) is -0.0423. The van der Waals surface area contributed by atoms with Crippen LogP contribution >= 0.6 is 0 Å². The van der Waals surface area contributed by atoms with Gasteiger partial charge in [-0.2, -0.15) is 0 Å². The van der Waals surface area contributed by atoms with E-state index in [-0.39, 0.29) is 13.4 Å². The fraction of sp³-hybridized carbons (Fsp3) is 0.300. The highest BCUT2D eigenvalue weighted by atomic mass is 16.1. The second kappa shape index (κ2) is 5.35. The molecule has 0 saturated carbocycles. The normalized spacial score (nSPS) is 13.3. The minimum Gasteiger partial charge on any atom is -0.350 e. The number of allylic oxidation sites excluding steroid dienone is 2. The first kappa shape index (κ1) is 10.7. The van der Waals surface area contributed by atoms with E-state index in [4.69, 9.17) is 0 Å². The van der Waals surface area contributed by atoms with Crippen molar-refractivity contribution >= 4 is 5.91 Å². The minimum atomic E-state index is -0.0423. The van der Waals surface area contributed by atoms with Gasteiger partial charge >= 0.3 is 0 Å². The van der Waals surface area contributed by atoms with Gasteiger partial charge in [0.15, 0.2) is 0 Å². The maximum atomic E-state index is 10.7. The largest absolute Gasteiger partial charge is 0.350 e. The second-order valence-electron chi connectivity index (χ2n) is 2.53. The first-order valence-electron chi connectivity index (χ1n) is 3.84. The Bertz CT molecular complexity index is 221. The predicted molar refractivity (Wildman–Crippen MR) is 53.9 cm³/mol. The van der Waals surface area contributed by atoms with Crippen LogP contribution in [0, 0.1) is 0 Å². The monoisotopic (exact) mass is 167 g/mol. The molecule has 0 aliphatic carbocycles. The summed E-state index contributed by atoms with van der Waals surface area (Å²) in [5, 5.41) is 2.75. The van der Waals surface area contributed by atoms with Crippen LogP contribution in [0.4, 0.5) is 0 Å². The molecule has 1 unspecified atom stereocenters. The fourth-order valence-corrected chi connectivity index (χ4v) is 0.913. The molecule has 0 aromatic heterocycles. The summed E-state index contributed by atoms with van der Waals surface area (Å²) in [6.45, 7) is 10.6. The quantitative estimate of drug-likeness (QED) is 0.638. The number of nitrogens with one attached hydrogen (secondary N) is 1. The van der Waals surface area contributed by atoms with Crippen molar-refractivity contribution in [1.82, 2.24) is 5.32 Å². The van der Waals surface area contributed by atoms with E-state index in [1.807, 2.05) is 13.0 Å². The molecule has 12 heavy (non-hydrogen) atoms. The van der Waals surface area contributed by atoms with Gasteiger partial charge in [0.05, 0.1) is 6.04 Å². The van der Waals surface area contributed by atoms with Crippen LogP contribution in [-0.4, -0.2) is 11.9 Å². The molecule has 0 saturated heterocycles. The standard InChI is InChI=1S/C10H15NO.H2/c1-5-7-10(6-2)8(3)11-9(4)12;/h5-8H,1-2H2,3-4H3,(H,11,12);1H/b10-7+;. The smallest absolute Gasteiger partial charge is 0.217 e. The van der Waals surface area contributed by atoms with Crippen LogP contribution in [0.3, 0.4) is 0 Å². The molecule has 0 radical (unpaired) electrons. The van der Waals surface area contributed by atoms with Gasteiger partial charge in [-0.05, 0) is 12.5 Å². The molecule has 1 N–H and O–H groups in total.